The molecule has 1 aliphatic carbocycles. The van der Waals surface area contributed by atoms with Crippen molar-refractivity contribution in [3.63, 3.8) is 0 Å². The number of carbonyl (C=O) groups is 1. The van der Waals surface area contributed by atoms with Crippen molar-refractivity contribution in [3.05, 3.63) is 16.1 Å². The molecule has 1 N–H and O–H groups in total. The van der Waals surface area contributed by atoms with Crippen LogP contribution in [-0.4, -0.2) is 29.0 Å². The lowest BCUT2D eigenvalue weighted by Gasteiger charge is -2.16. The molecule has 1 saturated carbocycles. The highest BCUT2D eigenvalue weighted by atomic mass is 32.1. The molecular formula is C11H14F3N3OS. The Bertz CT molecular complexity index is 474. The molecule has 1 aliphatic rings. The Morgan fingerprint density at radius 3 is 2.74 bits per heavy atom. The highest BCUT2D eigenvalue weighted by Crippen LogP contribution is 2.31. The second kappa shape index (κ2) is 4.99. The third-order valence-corrected chi connectivity index (χ3v) is 3.81. The maximum absolute atomic E-state index is 12.4. The molecule has 106 valence electrons. The van der Waals surface area contributed by atoms with Gasteiger partial charge < -0.3 is 10.2 Å². The zero-order valence-electron chi connectivity index (χ0n) is 10.5. The molecule has 19 heavy (non-hydrogen) atoms. The quantitative estimate of drug-likeness (QED) is 0.931. The molecule has 1 heterocycles. The van der Waals surface area contributed by atoms with E-state index in [1.54, 1.807) is 0 Å². The van der Waals surface area contributed by atoms with Crippen LogP contribution in [0.15, 0.2) is 5.38 Å². The van der Waals surface area contributed by atoms with E-state index >= 15 is 0 Å². The highest BCUT2D eigenvalue weighted by molar-refractivity contribution is 7.09. The highest BCUT2D eigenvalue weighted by Gasteiger charge is 2.35. The first kappa shape index (κ1) is 14.1. The molecule has 0 spiro atoms. The summed E-state index contributed by atoms with van der Waals surface area (Å²) in [5.74, 6) is 0.481. The smallest absolute Gasteiger partial charge is 0.335 e. The number of rotatable bonds is 3. The summed E-state index contributed by atoms with van der Waals surface area (Å²) < 4.78 is 37.1. The van der Waals surface area contributed by atoms with Crippen molar-refractivity contribution in [3.8, 4) is 0 Å². The third-order valence-electron chi connectivity index (χ3n) is 2.98. The normalized spacial score (nSPS) is 22.2. The van der Waals surface area contributed by atoms with Crippen LogP contribution in [0.25, 0.3) is 0 Å². The van der Waals surface area contributed by atoms with Crippen LogP contribution in [0.3, 0.4) is 0 Å². The van der Waals surface area contributed by atoms with Crippen LogP contribution in [0.2, 0.25) is 0 Å². The van der Waals surface area contributed by atoms with Gasteiger partial charge in [0, 0.05) is 18.5 Å². The van der Waals surface area contributed by atoms with E-state index in [4.69, 9.17) is 0 Å². The maximum atomic E-state index is 12.4. The minimum absolute atomic E-state index is 0.0771. The van der Waals surface area contributed by atoms with E-state index in [9.17, 15) is 18.0 Å². The van der Waals surface area contributed by atoms with Gasteiger partial charge in [-0.25, -0.2) is 9.78 Å². The lowest BCUT2D eigenvalue weighted by atomic mass is 10.5. The molecule has 1 aromatic heterocycles. The van der Waals surface area contributed by atoms with Crippen LogP contribution in [0.1, 0.15) is 24.0 Å². The molecule has 2 rings (SSSR count). The monoisotopic (exact) mass is 293 g/mol. The number of halogens is 3. The second-order valence-electron chi connectivity index (χ2n) is 4.75. The summed E-state index contributed by atoms with van der Waals surface area (Å²) in [5, 5.41) is 4.04. The molecular weight excluding hydrogens is 279 g/mol. The SMILES string of the molecule is CC1CC1NC(=O)N(C)Cc1nc(C(F)(F)F)cs1. The summed E-state index contributed by atoms with van der Waals surface area (Å²) in [7, 11) is 1.54. The fourth-order valence-corrected chi connectivity index (χ4v) is 2.43. The lowest BCUT2D eigenvalue weighted by Crippen LogP contribution is -2.38. The molecule has 4 nitrogen and oxygen atoms in total. The lowest BCUT2D eigenvalue weighted by molar-refractivity contribution is -0.140. The summed E-state index contributed by atoms with van der Waals surface area (Å²) in [6.07, 6.45) is -3.48. The Morgan fingerprint density at radius 1 is 1.63 bits per heavy atom. The minimum atomic E-state index is -4.43. The number of aromatic nitrogens is 1. The van der Waals surface area contributed by atoms with E-state index in [0.717, 1.165) is 23.1 Å². The van der Waals surface area contributed by atoms with E-state index in [0.29, 0.717) is 5.92 Å². The maximum Gasteiger partial charge on any atom is 0.434 e. The minimum Gasteiger partial charge on any atom is -0.335 e. The number of carbonyl (C=O) groups excluding carboxylic acids is 1. The molecule has 2 unspecified atom stereocenters. The fourth-order valence-electron chi connectivity index (χ4n) is 1.58. The first-order valence-electron chi connectivity index (χ1n) is 5.80. The van der Waals surface area contributed by atoms with Crippen LogP contribution < -0.4 is 5.32 Å². The summed E-state index contributed by atoms with van der Waals surface area (Å²) in [5.41, 5.74) is -0.905. The van der Waals surface area contributed by atoms with Gasteiger partial charge in [-0.15, -0.1) is 11.3 Å². The van der Waals surface area contributed by atoms with Gasteiger partial charge in [-0.1, -0.05) is 6.92 Å². The van der Waals surface area contributed by atoms with Crippen molar-refractivity contribution in [2.24, 2.45) is 5.92 Å². The number of alkyl halides is 3. The Balaban J connectivity index is 1.89. The summed E-state index contributed by atoms with van der Waals surface area (Å²) in [6.45, 7) is 2.11. The molecule has 0 aliphatic heterocycles. The van der Waals surface area contributed by atoms with Gasteiger partial charge in [-0.05, 0) is 12.3 Å². The number of nitrogens with one attached hydrogen (secondary N) is 1. The van der Waals surface area contributed by atoms with Gasteiger partial charge in [0.05, 0.1) is 6.54 Å². The van der Waals surface area contributed by atoms with Crippen molar-refractivity contribution in [2.75, 3.05) is 7.05 Å². The van der Waals surface area contributed by atoms with E-state index in [-0.39, 0.29) is 23.6 Å². The second-order valence-corrected chi connectivity index (χ2v) is 5.69. The van der Waals surface area contributed by atoms with Crippen LogP contribution in [0.4, 0.5) is 18.0 Å². The molecule has 0 saturated heterocycles. The summed E-state index contributed by atoms with van der Waals surface area (Å²) >= 11 is 0.904. The molecule has 0 aromatic carbocycles. The number of thiazole rings is 1. The molecule has 1 fully saturated rings. The average Bonchev–Trinajstić information content (AvgIpc) is 2.78. The fraction of sp³-hybridized carbons (Fsp3) is 0.636. The predicted molar refractivity (Wildman–Crippen MR) is 64.7 cm³/mol. The van der Waals surface area contributed by atoms with E-state index in [1.807, 2.05) is 6.92 Å². The van der Waals surface area contributed by atoms with Gasteiger partial charge in [0.2, 0.25) is 0 Å². The molecule has 1 aromatic rings. The van der Waals surface area contributed by atoms with Crippen LogP contribution >= 0.6 is 11.3 Å². The zero-order chi connectivity index (χ0) is 14.2. The largest absolute Gasteiger partial charge is 0.434 e. The average molecular weight is 293 g/mol. The Kier molecular flexibility index (Phi) is 3.71. The Hall–Kier alpha value is -1.31. The topological polar surface area (TPSA) is 45.2 Å². The number of hydrogen-bond donors (Lipinski definition) is 1. The van der Waals surface area contributed by atoms with Crippen molar-refractivity contribution < 1.29 is 18.0 Å². The van der Waals surface area contributed by atoms with Gasteiger partial charge in [-0.2, -0.15) is 13.2 Å². The molecule has 2 amide bonds. The van der Waals surface area contributed by atoms with Crippen LogP contribution in [0.5, 0.6) is 0 Å². The van der Waals surface area contributed by atoms with Gasteiger partial charge in [0.1, 0.15) is 5.01 Å². The third kappa shape index (κ3) is 3.59. The van der Waals surface area contributed by atoms with E-state index < -0.39 is 11.9 Å². The van der Waals surface area contributed by atoms with Crippen LogP contribution in [0, 0.1) is 5.92 Å². The number of urea groups is 1. The van der Waals surface area contributed by atoms with Gasteiger partial charge >= 0.3 is 12.2 Å². The molecule has 0 radical (unpaired) electrons. The predicted octanol–water partition coefficient (Wildman–Crippen LogP) is 2.71. The zero-order valence-corrected chi connectivity index (χ0v) is 11.3. The summed E-state index contributed by atoms with van der Waals surface area (Å²) in [6, 6.07) is -0.0879. The van der Waals surface area contributed by atoms with Crippen molar-refractivity contribution in [1.29, 1.82) is 0 Å². The van der Waals surface area contributed by atoms with Crippen LogP contribution in [-0.2, 0) is 12.7 Å². The van der Waals surface area contributed by atoms with Crippen molar-refractivity contribution in [2.45, 2.75) is 32.1 Å². The number of hydrogen-bond acceptors (Lipinski definition) is 3. The Labute approximate surface area is 112 Å². The van der Waals surface area contributed by atoms with E-state index in [2.05, 4.69) is 10.3 Å². The molecule has 0 bridgehead atoms. The molecule has 2 atom stereocenters. The Morgan fingerprint density at radius 2 is 2.26 bits per heavy atom. The first-order chi connectivity index (χ1) is 8.77. The number of nitrogens with zero attached hydrogens (tertiary/aromatic N) is 2. The van der Waals surface area contributed by atoms with Crippen molar-refractivity contribution >= 4 is 17.4 Å². The standard InChI is InChI=1S/C11H14F3N3OS/c1-6-3-7(6)15-10(18)17(2)4-9-16-8(5-19-9)11(12,13)14/h5-7H,3-4H2,1-2H3,(H,15,18). The van der Waals surface area contributed by atoms with Gasteiger partial charge in [-0.3, -0.25) is 0 Å². The van der Waals surface area contributed by atoms with Crippen molar-refractivity contribution in [1.82, 2.24) is 15.2 Å². The summed E-state index contributed by atoms with van der Waals surface area (Å²) in [4.78, 5) is 16.5. The van der Waals surface area contributed by atoms with Gasteiger partial charge in [0.15, 0.2) is 5.69 Å². The first-order valence-corrected chi connectivity index (χ1v) is 6.68. The number of amides is 2. The van der Waals surface area contributed by atoms with Gasteiger partial charge in [0.25, 0.3) is 0 Å². The van der Waals surface area contributed by atoms with E-state index in [1.165, 1.54) is 11.9 Å². The molecule has 8 heteroatoms.